The van der Waals surface area contributed by atoms with Crippen LogP contribution >= 0.6 is 0 Å². The summed E-state index contributed by atoms with van der Waals surface area (Å²) < 4.78 is 13.8. The van der Waals surface area contributed by atoms with E-state index in [2.05, 4.69) is 10.6 Å². The number of hydrogen-bond acceptors (Lipinski definition) is 4. The fourth-order valence-corrected chi connectivity index (χ4v) is 2.45. The number of carbonyl (C=O) groups is 2. The van der Waals surface area contributed by atoms with Crippen LogP contribution in [0.4, 0.5) is 10.1 Å². The van der Waals surface area contributed by atoms with Gasteiger partial charge in [0.2, 0.25) is 5.91 Å². The lowest BCUT2D eigenvalue weighted by Crippen LogP contribution is -2.42. The first-order valence-corrected chi connectivity index (χ1v) is 6.87. The molecule has 2 amide bonds. The van der Waals surface area contributed by atoms with Crippen molar-refractivity contribution >= 4 is 17.5 Å². The Kier molecular flexibility index (Phi) is 3.61. The summed E-state index contributed by atoms with van der Waals surface area (Å²) in [6.45, 7) is 0. The van der Waals surface area contributed by atoms with Crippen LogP contribution in [0.15, 0.2) is 36.4 Å². The lowest BCUT2D eigenvalue weighted by atomic mass is 10.0. The van der Waals surface area contributed by atoms with Crippen molar-refractivity contribution in [1.29, 1.82) is 0 Å². The number of phenolic OH excluding ortho intramolecular Hbond substituents is 2. The highest BCUT2D eigenvalue weighted by molar-refractivity contribution is 6.10. The molecule has 0 saturated heterocycles. The van der Waals surface area contributed by atoms with Crippen molar-refractivity contribution in [1.82, 2.24) is 5.32 Å². The Morgan fingerprint density at radius 2 is 1.87 bits per heavy atom. The van der Waals surface area contributed by atoms with E-state index < -0.39 is 23.7 Å². The second kappa shape index (κ2) is 5.60. The van der Waals surface area contributed by atoms with Crippen molar-refractivity contribution < 1.29 is 24.2 Å². The minimum absolute atomic E-state index is 0.0843. The van der Waals surface area contributed by atoms with Crippen molar-refractivity contribution in [3.8, 4) is 11.5 Å². The molecule has 1 heterocycles. The highest BCUT2D eigenvalue weighted by atomic mass is 19.1. The van der Waals surface area contributed by atoms with Crippen LogP contribution < -0.4 is 10.6 Å². The Morgan fingerprint density at radius 3 is 2.61 bits per heavy atom. The number of benzene rings is 2. The average molecular weight is 316 g/mol. The lowest BCUT2D eigenvalue weighted by Gasteiger charge is -2.14. The van der Waals surface area contributed by atoms with Gasteiger partial charge in [0.25, 0.3) is 5.91 Å². The van der Waals surface area contributed by atoms with Crippen molar-refractivity contribution in [2.24, 2.45) is 0 Å². The maximum atomic E-state index is 13.8. The fraction of sp³-hybridized carbons (Fsp3) is 0.125. The van der Waals surface area contributed by atoms with Gasteiger partial charge < -0.3 is 20.8 Å². The van der Waals surface area contributed by atoms with Gasteiger partial charge in [0, 0.05) is 6.42 Å². The summed E-state index contributed by atoms with van der Waals surface area (Å²) in [5, 5.41) is 23.8. The fourth-order valence-electron chi connectivity index (χ4n) is 2.45. The number of hydrogen-bond donors (Lipinski definition) is 4. The number of phenols is 2. The molecule has 0 spiro atoms. The average Bonchev–Trinajstić information content (AvgIpc) is 2.61. The minimum atomic E-state index is -0.932. The van der Waals surface area contributed by atoms with Gasteiger partial charge in [0.15, 0.2) is 11.5 Å². The van der Waals surface area contributed by atoms with E-state index in [0.717, 1.165) is 6.07 Å². The lowest BCUT2D eigenvalue weighted by molar-refractivity contribution is -0.117. The first kappa shape index (κ1) is 14.8. The number of anilines is 1. The Hall–Kier alpha value is -3.09. The molecule has 0 saturated carbocycles. The number of halogens is 1. The molecule has 7 heteroatoms. The SMILES string of the molecule is O=C1N[C@@H](Cc2ccc(O)c(O)c2)C(=O)Nc2cccc(F)c21. The van der Waals surface area contributed by atoms with E-state index in [0.29, 0.717) is 5.56 Å². The normalized spacial score (nSPS) is 17.0. The molecule has 0 unspecified atom stereocenters. The van der Waals surface area contributed by atoms with E-state index in [-0.39, 0.29) is 29.2 Å². The van der Waals surface area contributed by atoms with Crippen LogP contribution in [0.2, 0.25) is 0 Å². The van der Waals surface area contributed by atoms with Crippen LogP contribution in [-0.4, -0.2) is 28.1 Å². The first-order chi connectivity index (χ1) is 11.0. The molecule has 118 valence electrons. The van der Waals surface area contributed by atoms with Crippen LogP contribution in [0, 0.1) is 5.82 Å². The summed E-state index contributed by atoms with van der Waals surface area (Å²) >= 11 is 0. The van der Waals surface area contributed by atoms with Crippen molar-refractivity contribution in [3.05, 3.63) is 53.3 Å². The molecule has 1 aliphatic heterocycles. The largest absolute Gasteiger partial charge is 0.504 e. The smallest absolute Gasteiger partial charge is 0.257 e. The van der Waals surface area contributed by atoms with Crippen molar-refractivity contribution in [2.45, 2.75) is 12.5 Å². The first-order valence-electron chi connectivity index (χ1n) is 6.87. The van der Waals surface area contributed by atoms with Crippen LogP contribution in [0.3, 0.4) is 0 Å². The van der Waals surface area contributed by atoms with Crippen molar-refractivity contribution in [3.63, 3.8) is 0 Å². The Morgan fingerprint density at radius 1 is 1.09 bits per heavy atom. The second-order valence-electron chi connectivity index (χ2n) is 5.20. The molecule has 23 heavy (non-hydrogen) atoms. The summed E-state index contributed by atoms with van der Waals surface area (Å²) in [6.07, 6.45) is 0.0843. The Bertz CT molecular complexity index is 807. The third kappa shape index (κ3) is 2.80. The number of fused-ring (bicyclic) bond motifs is 1. The molecular formula is C16H13FN2O4. The molecule has 3 rings (SSSR count). The maximum absolute atomic E-state index is 13.8. The van der Waals surface area contributed by atoms with Gasteiger partial charge in [-0.3, -0.25) is 9.59 Å². The molecule has 0 aliphatic carbocycles. The topological polar surface area (TPSA) is 98.7 Å². The molecule has 2 aromatic rings. The van der Waals surface area contributed by atoms with E-state index in [9.17, 15) is 24.2 Å². The molecule has 0 bridgehead atoms. The van der Waals surface area contributed by atoms with E-state index in [1.165, 1.54) is 30.3 Å². The maximum Gasteiger partial charge on any atom is 0.257 e. The number of amides is 2. The molecule has 0 radical (unpaired) electrons. The van der Waals surface area contributed by atoms with Gasteiger partial charge in [-0.1, -0.05) is 12.1 Å². The third-order valence-electron chi connectivity index (χ3n) is 3.60. The molecule has 0 fully saturated rings. The highest BCUT2D eigenvalue weighted by Crippen LogP contribution is 2.26. The summed E-state index contributed by atoms with van der Waals surface area (Å²) in [5.74, 6) is -2.50. The number of aromatic hydroxyl groups is 2. The van der Waals surface area contributed by atoms with E-state index in [1.807, 2.05) is 0 Å². The molecule has 1 aliphatic rings. The van der Waals surface area contributed by atoms with Gasteiger partial charge >= 0.3 is 0 Å². The minimum Gasteiger partial charge on any atom is -0.504 e. The van der Waals surface area contributed by atoms with E-state index in [1.54, 1.807) is 0 Å². The standard InChI is InChI=1S/C16H13FN2O4/c17-9-2-1-3-10-14(9)16(23)19-11(15(22)18-10)6-8-4-5-12(20)13(21)7-8/h1-5,7,11,20-21H,6H2,(H,18,22)(H,19,23)/t11-/m0/s1. The van der Waals surface area contributed by atoms with Gasteiger partial charge in [-0.25, -0.2) is 4.39 Å². The summed E-state index contributed by atoms with van der Waals surface area (Å²) in [7, 11) is 0. The number of nitrogens with one attached hydrogen (secondary N) is 2. The monoisotopic (exact) mass is 316 g/mol. The molecule has 4 N–H and O–H groups in total. The molecule has 6 nitrogen and oxygen atoms in total. The van der Waals surface area contributed by atoms with E-state index >= 15 is 0 Å². The van der Waals surface area contributed by atoms with Gasteiger partial charge in [0.1, 0.15) is 11.9 Å². The molecule has 2 aromatic carbocycles. The third-order valence-corrected chi connectivity index (χ3v) is 3.60. The van der Waals surface area contributed by atoms with Crippen LogP contribution in [0.5, 0.6) is 11.5 Å². The zero-order chi connectivity index (χ0) is 16.6. The molecule has 1 atom stereocenters. The summed E-state index contributed by atoms with van der Waals surface area (Å²) in [4.78, 5) is 24.4. The number of carbonyl (C=O) groups excluding carboxylic acids is 2. The highest BCUT2D eigenvalue weighted by Gasteiger charge is 2.29. The van der Waals surface area contributed by atoms with Gasteiger partial charge in [0.05, 0.1) is 11.3 Å². The zero-order valence-corrected chi connectivity index (χ0v) is 11.8. The Labute approximate surface area is 130 Å². The predicted octanol–water partition coefficient (Wildman–Crippen LogP) is 1.53. The van der Waals surface area contributed by atoms with Gasteiger partial charge in [-0.15, -0.1) is 0 Å². The van der Waals surface area contributed by atoms with Gasteiger partial charge in [-0.2, -0.15) is 0 Å². The van der Waals surface area contributed by atoms with E-state index in [4.69, 9.17) is 0 Å². The summed E-state index contributed by atoms with van der Waals surface area (Å²) in [6, 6.07) is 7.17. The molecule has 0 aromatic heterocycles. The van der Waals surface area contributed by atoms with Crippen LogP contribution in [0.1, 0.15) is 15.9 Å². The quantitative estimate of drug-likeness (QED) is 0.632. The number of rotatable bonds is 2. The zero-order valence-electron chi connectivity index (χ0n) is 11.8. The van der Waals surface area contributed by atoms with Gasteiger partial charge in [-0.05, 0) is 29.8 Å². The predicted molar refractivity (Wildman–Crippen MR) is 79.8 cm³/mol. The Balaban J connectivity index is 1.88. The molecular weight excluding hydrogens is 303 g/mol. The van der Waals surface area contributed by atoms with Crippen molar-refractivity contribution in [2.75, 3.05) is 5.32 Å². The van der Waals surface area contributed by atoms with Crippen LogP contribution in [-0.2, 0) is 11.2 Å². The second-order valence-corrected chi connectivity index (χ2v) is 5.20. The van der Waals surface area contributed by atoms with Crippen LogP contribution in [0.25, 0.3) is 0 Å². The summed E-state index contributed by atoms with van der Waals surface area (Å²) in [5.41, 5.74) is 0.438.